The first-order valence-corrected chi connectivity index (χ1v) is 6.22. The second kappa shape index (κ2) is 5.47. The summed E-state index contributed by atoms with van der Waals surface area (Å²) >= 11 is 0. The lowest BCUT2D eigenvalue weighted by molar-refractivity contribution is -0.281. The topological polar surface area (TPSA) is 134 Å². The van der Waals surface area contributed by atoms with Gasteiger partial charge < -0.3 is 25.2 Å². The van der Waals surface area contributed by atoms with Crippen LogP contribution in [0.3, 0.4) is 0 Å². The number of aliphatic hydroxyl groups is 4. The molecule has 4 N–H and O–H groups in total. The summed E-state index contributed by atoms with van der Waals surface area (Å²) in [6.07, 6.45) is -10.3. The second-order valence-corrected chi connectivity index (χ2v) is 5.25. The number of hydrogen-bond acceptors (Lipinski definition) is 8. The van der Waals surface area contributed by atoms with Crippen LogP contribution in [0.5, 0.6) is 0 Å². The van der Waals surface area contributed by atoms with E-state index in [0.717, 1.165) is 0 Å². The van der Waals surface area contributed by atoms with Crippen molar-refractivity contribution in [2.45, 2.75) is 36.2 Å². The zero-order chi connectivity index (χ0) is 15.0. The van der Waals surface area contributed by atoms with Crippen molar-refractivity contribution in [3.8, 4) is 0 Å². The maximum Gasteiger partial charge on any atom is 0.523 e. The average molecular weight is 312 g/mol. The molecule has 0 amide bonds. The quantitative estimate of drug-likeness (QED) is 0.336. The molecule has 114 valence electrons. The van der Waals surface area contributed by atoms with E-state index in [1.807, 2.05) is 0 Å². The van der Waals surface area contributed by atoms with Gasteiger partial charge in [0.05, 0.1) is 6.61 Å². The summed E-state index contributed by atoms with van der Waals surface area (Å²) in [7, 11) is -6.08. The predicted octanol–water partition coefficient (Wildman–Crippen LogP) is -2.35. The van der Waals surface area contributed by atoms with Crippen molar-refractivity contribution in [2.24, 2.45) is 0 Å². The van der Waals surface area contributed by atoms with Gasteiger partial charge in [0.2, 0.25) is 0 Å². The Morgan fingerprint density at radius 1 is 1.16 bits per heavy atom. The molecule has 0 unspecified atom stereocenters. The number of halogens is 3. The molecular formula is C7H11F3O8S. The molecule has 1 aliphatic heterocycles. The highest BCUT2D eigenvalue weighted by Gasteiger charge is 2.53. The first-order valence-electron chi connectivity index (χ1n) is 4.81. The Morgan fingerprint density at radius 2 is 1.68 bits per heavy atom. The highest BCUT2D eigenvalue weighted by Crippen LogP contribution is 2.30. The van der Waals surface area contributed by atoms with Gasteiger partial charge in [-0.15, -0.1) is 0 Å². The molecule has 1 fully saturated rings. The molecule has 0 aromatic rings. The summed E-state index contributed by atoms with van der Waals surface area (Å²) in [4.78, 5) is 0. The second-order valence-electron chi connectivity index (χ2n) is 3.69. The van der Waals surface area contributed by atoms with Crippen LogP contribution in [-0.4, -0.2) is 71.7 Å². The van der Waals surface area contributed by atoms with Crippen molar-refractivity contribution in [2.75, 3.05) is 6.61 Å². The van der Waals surface area contributed by atoms with Gasteiger partial charge in [0.1, 0.15) is 18.3 Å². The first-order chi connectivity index (χ1) is 8.51. The van der Waals surface area contributed by atoms with Crippen molar-refractivity contribution in [3.63, 3.8) is 0 Å². The molecule has 0 aliphatic carbocycles. The van der Waals surface area contributed by atoms with Crippen LogP contribution < -0.4 is 0 Å². The molecule has 0 radical (unpaired) electrons. The smallest absolute Gasteiger partial charge is 0.394 e. The fourth-order valence-electron chi connectivity index (χ4n) is 1.38. The SMILES string of the molecule is O=S(=O)(O[C@H]1[C@@H](O)[C@H](O)[C@@H](CO)O[C@@H]1O)C(F)(F)F. The van der Waals surface area contributed by atoms with Crippen LogP contribution in [0, 0.1) is 0 Å². The third-order valence-corrected chi connectivity index (χ3v) is 3.41. The Bertz CT molecular complexity index is 409. The van der Waals surface area contributed by atoms with E-state index in [1.165, 1.54) is 0 Å². The van der Waals surface area contributed by atoms with E-state index < -0.39 is 52.9 Å². The van der Waals surface area contributed by atoms with E-state index in [4.69, 9.17) is 5.11 Å². The van der Waals surface area contributed by atoms with Gasteiger partial charge in [-0.05, 0) is 0 Å². The molecule has 1 aliphatic rings. The lowest BCUT2D eigenvalue weighted by Crippen LogP contribution is -2.60. The maximum absolute atomic E-state index is 12.1. The van der Waals surface area contributed by atoms with Gasteiger partial charge in [0.25, 0.3) is 0 Å². The van der Waals surface area contributed by atoms with Crippen LogP contribution in [0.15, 0.2) is 0 Å². The molecule has 0 saturated carbocycles. The third-order valence-electron chi connectivity index (χ3n) is 2.36. The fraction of sp³-hybridized carbons (Fsp3) is 1.00. The van der Waals surface area contributed by atoms with Gasteiger partial charge >= 0.3 is 15.6 Å². The van der Waals surface area contributed by atoms with E-state index >= 15 is 0 Å². The van der Waals surface area contributed by atoms with Crippen LogP contribution in [0.25, 0.3) is 0 Å². The highest BCUT2D eigenvalue weighted by molar-refractivity contribution is 7.87. The van der Waals surface area contributed by atoms with Crippen LogP contribution in [0.4, 0.5) is 13.2 Å². The minimum absolute atomic E-state index is 0.853. The van der Waals surface area contributed by atoms with Gasteiger partial charge in [-0.25, -0.2) is 0 Å². The molecule has 1 rings (SSSR count). The Kier molecular flexibility index (Phi) is 4.77. The van der Waals surface area contributed by atoms with Gasteiger partial charge in [-0.2, -0.15) is 21.6 Å². The van der Waals surface area contributed by atoms with E-state index in [1.54, 1.807) is 0 Å². The molecule has 12 heteroatoms. The number of alkyl halides is 3. The number of hydrogen-bond donors (Lipinski definition) is 4. The molecule has 5 atom stereocenters. The van der Waals surface area contributed by atoms with Gasteiger partial charge in [0.15, 0.2) is 12.4 Å². The molecule has 19 heavy (non-hydrogen) atoms. The standard InChI is InChI=1S/C7H11F3O8S/c8-7(9,10)19(15,16)18-5-4(13)3(12)2(1-11)17-6(5)14/h2-6,11-14H,1H2/t2-,3-,4+,5+,6+/m1/s1. The van der Waals surface area contributed by atoms with Crippen LogP contribution in [0.1, 0.15) is 0 Å². The summed E-state index contributed by atoms with van der Waals surface area (Å²) < 4.78 is 65.7. The van der Waals surface area contributed by atoms with Gasteiger partial charge in [0, 0.05) is 0 Å². The molecule has 0 aromatic heterocycles. The number of aliphatic hydroxyl groups excluding tert-OH is 4. The predicted molar refractivity (Wildman–Crippen MR) is 49.8 cm³/mol. The van der Waals surface area contributed by atoms with Crippen molar-refractivity contribution >= 4 is 10.1 Å². The Hall–Kier alpha value is -0.500. The van der Waals surface area contributed by atoms with Crippen molar-refractivity contribution < 1.29 is 50.9 Å². The molecular weight excluding hydrogens is 301 g/mol. The molecule has 1 saturated heterocycles. The third kappa shape index (κ3) is 3.34. The first kappa shape index (κ1) is 16.6. The van der Waals surface area contributed by atoms with Crippen LogP contribution in [-0.2, 0) is 19.0 Å². The molecule has 0 bridgehead atoms. The normalized spacial score (nSPS) is 37.3. The summed E-state index contributed by atoms with van der Waals surface area (Å²) in [6, 6.07) is 0. The lowest BCUT2D eigenvalue weighted by Gasteiger charge is -2.39. The van der Waals surface area contributed by atoms with E-state index in [0.29, 0.717) is 0 Å². The number of rotatable bonds is 3. The monoisotopic (exact) mass is 312 g/mol. The van der Waals surface area contributed by atoms with Crippen LogP contribution in [0.2, 0.25) is 0 Å². The summed E-state index contributed by atoms with van der Waals surface area (Å²) in [5, 5.41) is 36.6. The van der Waals surface area contributed by atoms with E-state index in [9.17, 15) is 36.9 Å². The zero-order valence-corrected chi connectivity index (χ0v) is 9.87. The largest absolute Gasteiger partial charge is 0.523 e. The van der Waals surface area contributed by atoms with Gasteiger partial charge in [-0.1, -0.05) is 0 Å². The fourth-order valence-corrected chi connectivity index (χ4v) is 1.99. The summed E-state index contributed by atoms with van der Waals surface area (Å²) in [5.41, 5.74) is -5.76. The van der Waals surface area contributed by atoms with E-state index in [2.05, 4.69) is 8.92 Å². The Labute approximate surface area is 105 Å². The van der Waals surface area contributed by atoms with Crippen molar-refractivity contribution in [1.82, 2.24) is 0 Å². The Morgan fingerprint density at radius 3 is 2.11 bits per heavy atom. The number of ether oxygens (including phenoxy) is 1. The van der Waals surface area contributed by atoms with Crippen molar-refractivity contribution in [1.29, 1.82) is 0 Å². The molecule has 0 spiro atoms. The molecule has 0 aromatic carbocycles. The van der Waals surface area contributed by atoms with Gasteiger partial charge in [-0.3, -0.25) is 4.18 Å². The zero-order valence-electron chi connectivity index (χ0n) is 9.06. The summed E-state index contributed by atoms with van der Waals surface area (Å²) in [6.45, 7) is -0.853. The van der Waals surface area contributed by atoms with Crippen molar-refractivity contribution in [3.05, 3.63) is 0 Å². The molecule has 8 nitrogen and oxygen atoms in total. The highest BCUT2D eigenvalue weighted by atomic mass is 32.2. The summed E-state index contributed by atoms with van der Waals surface area (Å²) in [5.74, 6) is 0. The molecule has 1 heterocycles. The maximum atomic E-state index is 12.1. The lowest BCUT2D eigenvalue weighted by atomic mass is 9.99. The average Bonchev–Trinajstić information content (AvgIpc) is 2.27. The Balaban J connectivity index is 2.90. The minimum atomic E-state index is -6.08. The van der Waals surface area contributed by atoms with E-state index in [-0.39, 0.29) is 0 Å². The minimum Gasteiger partial charge on any atom is -0.394 e. The van der Waals surface area contributed by atoms with Crippen LogP contribution >= 0.6 is 0 Å².